The van der Waals surface area contributed by atoms with Gasteiger partial charge in [-0.3, -0.25) is 9.78 Å². The molecule has 5 nitrogen and oxygen atoms in total. The highest BCUT2D eigenvalue weighted by Crippen LogP contribution is 2.27. The number of pyridine rings is 2. The smallest absolute Gasteiger partial charge is 0.255 e. The van der Waals surface area contributed by atoms with Crippen LogP contribution in [0.15, 0.2) is 55.0 Å². The summed E-state index contributed by atoms with van der Waals surface area (Å²) in [5, 5.41) is 6.61. The first-order valence-corrected chi connectivity index (χ1v) is 8.57. The molecule has 132 valence electrons. The van der Waals surface area contributed by atoms with Crippen LogP contribution in [0.2, 0.25) is 5.02 Å². The average Bonchev–Trinajstić information content (AvgIpc) is 2.64. The largest absolute Gasteiger partial charge is 0.366 e. The molecule has 0 fully saturated rings. The quantitative estimate of drug-likeness (QED) is 0.691. The van der Waals surface area contributed by atoms with Gasteiger partial charge in [0.1, 0.15) is 5.82 Å². The number of hydrogen-bond acceptors (Lipinski definition) is 4. The Morgan fingerprint density at radius 2 is 2.00 bits per heavy atom. The molecule has 3 aromatic rings. The molecule has 2 N–H and O–H groups in total. The third-order valence-electron chi connectivity index (χ3n) is 3.89. The number of aryl methyl sites for hydroxylation is 2. The lowest BCUT2D eigenvalue weighted by Gasteiger charge is -2.12. The first-order chi connectivity index (χ1) is 12.5. The van der Waals surface area contributed by atoms with Crippen molar-refractivity contribution in [3.63, 3.8) is 0 Å². The predicted octanol–water partition coefficient (Wildman–Crippen LogP) is 4.61. The van der Waals surface area contributed by atoms with Gasteiger partial charge in [0, 0.05) is 30.7 Å². The van der Waals surface area contributed by atoms with E-state index in [0.29, 0.717) is 28.6 Å². The molecule has 0 aliphatic carbocycles. The van der Waals surface area contributed by atoms with Crippen LogP contribution in [0.4, 0.5) is 11.5 Å². The zero-order chi connectivity index (χ0) is 18.5. The second-order valence-electron chi connectivity index (χ2n) is 6.04. The van der Waals surface area contributed by atoms with Crippen LogP contribution < -0.4 is 10.6 Å². The van der Waals surface area contributed by atoms with Gasteiger partial charge in [0.2, 0.25) is 0 Å². The minimum atomic E-state index is -0.231. The lowest BCUT2D eigenvalue weighted by atomic mass is 10.1. The van der Waals surface area contributed by atoms with E-state index in [2.05, 4.69) is 20.6 Å². The van der Waals surface area contributed by atoms with Crippen molar-refractivity contribution in [3.05, 3.63) is 82.3 Å². The Bertz CT molecular complexity index is 905. The molecule has 2 heterocycles. The Hall–Kier alpha value is -2.92. The van der Waals surface area contributed by atoms with Gasteiger partial charge < -0.3 is 10.6 Å². The summed E-state index contributed by atoms with van der Waals surface area (Å²) in [4.78, 5) is 20.9. The third-order valence-corrected chi connectivity index (χ3v) is 4.19. The number of halogens is 1. The normalized spacial score (nSPS) is 10.4. The number of rotatable bonds is 5. The van der Waals surface area contributed by atoms with Crippen LogP contribution in [0.1, 0.15) is 27.0 Å². The molecule has 0 radical (unpaired) electrons. The lowest BCUT2D eigenvalue weighted by Crippen LogP contribution is -2.14. The van der Waals surface area contributed by atoms with E-state index in [4.69, 9.17) is 11.6 Å². The molecular weight excluding hydrogens is 348 g/mol. The van der Waals surface area contributed by atoms with Crippen molar-refractivity contribution in [2.24, 2.45) is 0 Å². The second-order valence-corrected chi connectivity index (χ2v) is 6.44. The van der Waals surface area contributed by atoms with Crippen molar-refractivity contribution in [1.29, 1.82) is 0 Å². The van der Waals surface area contributed by atoms with Crippen LogP contribution in [0.5, 0.6) is 0 Å². The molecule has 0 bridgehead atoms. The molecule has 0 aliphatic rings. The number of nitrogens with zero attached hydrogens (tertiary/aromatic N) is 2. The monoisotopic (exact) mass is 366 g/mol. The minimum absolute atomic E-state index is 0.231. The van der Waals surface area contributed by atoms with Crippen LogP contribution in [0.3, 0.4) is 0 Å². The van der Waals surface area contributed by atoms with Crippen LogP contribution in [-0.4, -0.2) is 15.9 Å². The number of nitrogens with one attached hydrogen (secondary N) is 2. The molecule has 2 aromatic heterocycles. The van der Waals surface area contributed by atoms with E-state index in [9.17, 15) is 4.79 Å². The Morgan fingerprint density at radius 3 is 2.73 bits per heavy atom. The van der Waals surface area contributed by atoms with Crippen molar-refractivity contribution >= 4 is 29.0 Å². The molecule has 0 saturated carbocycles. The summed E-state index contributed by atoms with van der Waals surface area (Å²) in [5.74, 6) is 0.388. The van der Waals surface area contributed by atoms with Gasteiger partial charge in [-0.2, -0.15) is 0 Å². The summed E-state index contributed by atoms with van der Waals surface area (Å²) >= 11 is 6.27. The van der Waals surface area contributed by atoms with Crippen molar-refractivity contribution in [2.45, 2.75) is 20.4 Å². The number of anilines is 2. The van der Waals surface area contributed by atoms with Gasteiger partial charge >= 0.3 is 0 Å². The molecule has 0 saturated heterocycles. The highest BCUT2D eigenvalue weighted by atomic mass is 35.5. The number of hydrogen-bond donors (Lipinski definition) is 2. The Balaban J connectivity index is 1.72. The van der Waals surface area contributed by atoms with Crippen molar-refractivity contribution in [1.82, 2.24) is 9.97 Å². The van der Waals surface area contributed by atoms with Crippen LogP contribution in [0.25, 0.3) is 0 Å². The van der Waals surface area contributed by atoms with E-state index in [-0.39, 0.29) is 5.91 Å². The number of benzene rings is 1. The van der Waals surface area contributed by atoms with Gasteiger partial charge in [-0.1, -0.05) is 23.7 Å². The summed E-state index contributed by atoms with van der Waals surface area (Å²) in [6, 6.07) is 11.0. The molecular formula is C20H19ClN4O. The molecule has 6 heteroatoms. The van der Waals surface area contributed by atoms with Crippen molar-refractivity contribution in [3.8, 4) is 0 Å². The fourth-order valence-corrected chi connectivity index (χ4v) is 2.99. The first kappa shape index (κ1) is 17.9. The fraction of sp³-hybridized carbons (Fsp3) is 0.150. The molecule has 26 heavy (non-hydrogen) atoms. The van der Waals surface area contributed by atoms with Gasteiger partial charge in [-0.05, 0) is 54.8 Å². The van der Waals surface area contributed by atoms with Gasteiger partial charge in [0.15, 0.2) is 0 Å². The summed E-state index contributed by atoms with van der Waals surface area (Å²) < 4.78 is 0. The standard InChI is InChI=1S/C20H19ClN4O/c1-13-8-14(2)19(17(21)9-13)25-20(26)16-5-7-23-18(10-16)24-12-15-4-3-6-22-11-15/h3-11H,12H2,1-2H3,(H,23,24)(H,25,26). The molecule has 0 spiro atoms. The molecule has 0 aliphatic heterocycles. The number of aromatic nitrogens is 2. The van der Waals surface area contributed by atoms with Gasteiger partial charge in [-0.25, -0.2) is 4.98 Å². The number of amides is 1. The number of carbonyl (C=O) groups excluding carboxylic acids is 1. The van der Waals surface area contributed by atoms with Crippen LogP contribution in [-0.2, 0) is 6.54 Å². The van der Waals surface area contributed by atoms with E-state index < -0.39 is 0 Å². The fourth-order valence-electron chi connectivity index (χ4n) is 2.62. The SMILES string of the molecule is Cc1cc(C)c(NC(=O)c2ccnc(NCc3cccnc3)c2)c(Cl)c1. The maximum absolute atomic E-state index is 12.6. The molecule has 1 aromatic carbocycles. The Kier molecular flexibility index (Phi) is 5.49. The zero-order valence-corrected chi connectivity index (χ0v) is 15.3. The summed E-state index contributed by atoms with van der Waals surface area (Å²) in [7, 11) is 0. The first-order valence-electron chi connectivity index (χ1n) is 8.20. The topological polar surface area (TPSA) is 66.9 Å². The molecule has 0 atom stereocenters. The molecule has 1 amide bonds. The van der Waals surface area contributed by atoms with E-state index in [1.165, 1.54) is 0 Å². The second kappa shape index (κ2) is 7.97. The summed E-state index contributed by atoms with van der Waals surface area (Å²) in [6.45, 7) is 4.46. The molecule has 0 unspecified atom stereocenters. The maximum Gasteiger partial charge on any atom is 0.255 e. The summed E-state index contributed by atoms with van der Waals surface area (Å²) in [6.07, 6.45) is 5.11. The highest BCUT2D eigenvalue weighted by molar-refractivity contribution is 6.34. The zero-order valence-electron chi connectivity index (χ0n) is 14.6. The molecule has 3 rings (SSSR count). The average molecular weight is 367 g/mol. The Labute approximate surface area is 157 Å². The maximum atomic E-state index is 12.6. The van der Waals surface area contributed by atoms with E-state index in [1.54, 1.807) is 30.7 Å². The lowest BCUT2D eigenvalue weighted by molar-refractivity contribution is 0.102. The van der Waals surface area contributed by atoms with E-state index in [1.807, 2.05) is 38.1 Å². The van der Waals surface area contributed by atoms with Crippen LogP contribution in [0, 0.1) is 13.8 Å². The van der Waals surface area contributed by atoms with Crippen molar-refractivity contribution < 1.29 is 4.79 Å². The third kappa shape index (κ3) is 4.37. The highest BCUT2D eigenvalue weighted by Gasteiger charge is 2.12. The minimum Gasteiger partial charge on any atom is -0.366 e. The predicted molar refractivity (Wildman–Crippen MR) is 105 cm³/mol. The van der Waals surface area contributed by atoms with E-state index in [0.717, 1.165) is 16.7 Å². The number of carbonyl (C=O) groups is 1. The Morgan fingerprint density at radius 1 is 1.15 bits per heavy atom. The summed E-state index contributed by atoms with van der Waals surface area (Å²) in [5.41, 5.74) is 4.14. The van der Waals surface area contributed by atoms with Gasteiger partial charge in [0.25, 0.3) is 5.91 Å². The van der Waals surface area contributed by atoms with Gasteiger partial charge in [0.05, 0.1) is 10.7 Å². The van der Waals surface area contributed by atoms with Crippen molar-refractivity contribution in [2.75, 3.05) is 10.6 Å². The van der Waals surface area contributed by atoms with Crippen LogP contribution >= 0.6 is 11.6 Å². The van der Waals surface area contributed by atoms with E-state index >= 15 is 0 Å². The van der Waals surface area contributed by atoms with Gasteiger partial charge in [-0.15, -0.1) is 0 Å².